The van der Waals surface area contributed by atoms with Gasteiger partial charge in [0.15, 0.2) is 0 Å². The van der Waals surface area contributed by atoms with Crippen molar-refractivity contribution < 1.29 is 9.53 Å². The number of fused-ring (bicyclic) bond motifs is 1. The molecule has 0 spiro atoms. The summed E-state index contributed by atoms with van der Waals surface area (Å²) in [5.74, 6) is 1.16. The summed E-state index contributed by atoms with van der Waals surface area (Å²) in [5.41, 5.74) is 3.37. The number of carbonyl (C=O) groups excluding carboxylic acids is 1. The molecule has 0 unspecified atom stereocenters. The van der Waals surface area contributed by atoms with Crippen molar-refractivity contribution in [1.82, 2.24) is 4.98 Å². The lowest BCUT2D eigenvalue weighted by Gasteiger charge is -2.16. The molecule has 1 atom stereocenters. The maximum absolute atomic E-state index is 12.1. The van der Waals surface area contributed by atoms with Crippen LogP contribution in [0.25, 0.3) is 10.9 Å². The Hall–Kier alpha value is -2.55. The summed E-state index contributed by atoms with van der Waals surface area (Å²) in [4.78, 5) is 15.4. The van der Waals surface area contributed by atoms with E-state index in [9.17, 15) is 4.79 Å². The minimum atomic E-state index is 0.0597. The molecule has 118 valence electrons. The van der Waals surface area contributed by atoms with Gasteiger partial charge in [-0.25, -0.2) is 0 Å². The Bertz CT molecular complexity index is 805. The summed E-state index contributed by atoms with van der Waals surface area (Å²) in [6.45, 7) is 1.92. The van der Waals surface area contributed by atoms with Gasteiger partial charge in [0.25, 0.3) is 0 Å². The maximum Gasteiger partial charge on any atom is 0.133 e. The second kappa shape index (κ2) is 6.69. The summed E-state index contributed by atoms with van der Waals surface area (Å²) in [5, 5.41) is 1.11. The van der Waals surface area contributed by atoms with Crippen LogP contribution in [0.3, 0.4) is 0 Å². The highest BCUT2D eigenvalue weighted by molar-refractivity contribution is 5.87. The number of ketones is 1. The minimum Gasteiger partial charge on any atom is -0.497 e. The van der Waals surface area contributed by atoms with Crippen molar-refractivity contribution in [3.8, 4) is 5.75 Å². The van der Waals surface area contributed by atoms with Crippen molar-refractivity contribution in [2.75, 3.05) is 7.11 Å². The molecule has 0 bridgehead atoms. The summed E-state index contributed by atoms with van der Waals surface area (Å²) in [7, 11) is 1.67. The standard InChI is InChI=1S/C20H21NO2/c1-3-15(22)11-17(14-7-5-4-6-8-14)19-13-21-20-10-9-16(23-2)12-18(19)20/h4-10,12-13,17,21H,3,11H2,1-2H3/t17-/m1/s1. The Morgan fingerprint density at radius 3 is 2.65 bits per heavy atom. The molecule has 0 saturated heterocycles. The number of ether oxygens (including phenoxy) is 1. The molecule has 0 aliphatic carbocycles. The third-order valence-corrected chi connectivity index (χ3v) is 4.32. The van der Waals surface area contributed by atoms with Gasteiger partial charge >= 0.3 is 0 Å². The Morgan fingerprint density at radius 1 is 1.17 bits per heavy atom. The van der Waals surface area contributed by atoms with Gasteiger partial charge in [-0.3, -0.25) is 4.79 Å². The molecule has 0 amide bonds. The van der Waals surface area contributed by atoms with Crippen LogP contribution >= 0.6 is 0 Å². The molecule has 0 radical (unpaired) electrons. The molecule has 3 aromatic rings. The average Bonchev–Trinajstić information content (AvgIpc) is 3.02. The quantitative estimate of drug-likeness (QED) is 0.718. The first kappa shape index (κ1) is 15.3. The van der Waals surface area contributed by atoms with Gasteiger partial charge in [-0.15, -0.1) is 0 Å². The molecule has 0 aliphatic heterocycles. The highest BCUT2D eigenvalue weighted by Gasteiger charge is 2.20. The van der Waals surface area contributed by atoms with Crippen molar-refractivity contribution in [1.29, 1.82) is 0 Å². The fourth-order valence-electron chi connectivity index (χ4n) is 3.00. The van der Waals surface area contributed by atoms with Gasteiger partial charge in [0.05, 0.1) is 7.11 Å². The smallest absolute Gasteiger partial charge is 0.133 e. The van der Waals surface area contributed by atoms with Crippen LogP contribution in [-0.2, 0) is 4.79 Å². The number of aromatic amines is 1. The van der Waals surface area contributed by atoms with Crippen molar-refractivity contribution in [2.24, 2.45) is 0 Å². The normalized spacial score (nSPS) is 12.3. The molecule has 0 saturated carbocycles. The fourth-order valence-corrected chi connectivity index (χ4v) is 3.00. The van der Waals surface area contributed by atoms with Crippen molar-refractivity contribution >= 4 is 16.7 Å². The van der Waals surface area contributed by atoms with Crippen molar-refractivity contribution in [2.45, 2.75) is 25.7 Å². The fraction of sp³-hybridized carbons (Fsp3) is 0.250. The zero-order chi connectivity index (χ0) is 16.2. The molecule has 2 aromatic carbocycles. The monoisotopic (exact) mass is 307 g/mol. The van der Waals surface area contributed by atoms with Gasteiger partial charge in [-0.1, -0.05) is 37.3 Å². The highest BCUT2D eigenvalue weighted by Crippen LogP contribution is 2.35. The van der Waals surface area contributed by atoms with Crippen LogP contribution < -0.4 is 4.74 Å². The first-order valence-electron chi connectivity index (χ1n) is 7.94. The van der Waals surface area contributed by atoms with Crippen molar-refractivity contribution in [3.63, 3.8) is 0 Å². The third kappa shape index (κ3) is 3.14. The Balaban J connectivity index is 2.11. The average molecular weight is 307 g/mol. The van der Waals surface area contributed by atoms with E-state index in [1.807, 2.05) is 49.5 Å². The molecule has 3 rings (SSSR count). The molecule has 0 fully saturated rings. The van der Waals surface area contributed by atoms with Gasteiger partial charge < -0.3 is 9.72 Å². The largest absolute Gasteiger partial charge is 0.497 e. The van der Waals surface area contributed by atoms with Gasteiger partial charge in [-0.2, -0.15) is 0 Å². The highest BCUT2D eigenvalue weighted by atomic mass is 16.5. The van der Waals surface area contributed by atoms with E-state index >= 15 is 0 Å². The zero-order valence-corrected chi connectivity index (χ0v) is 13.5. The number of hydrogen-bond acceptors (Lipinski definition) is 2. The molecule has 1 N–H and O–H groups in total. The molecular formula is C20H21NO2. The Kier molecular flexibility index (Phi) is 4.47. The number of Topliss-reactive ketones (excluding diaryl/α,β-unsaturated/α-hetero) is 1. The van der Waals surface area contributed by atoms with Crippen LogP contribution in [-0.4, -0.2) is 17.9 Å². The van der Waals surface area contributed by atoms with E-state index in [0.29, 0.717) is 12.8 Å². The predicted octanol–water partition coefficient (Wildman–Crippen LogP) is 4.68. The van der Waals surface area contributed by atoms with Crippen molar-refractivity contribution in [3.05, 3.63) is 65.9 Å². The van der Waals surface area contributed by atoms with Gasteiger partial charge in [0, 0.05) is 35.9 Å². The lowest BCUT2D eigenvalue weighted by atomic mass is 9.86. The number of methoxy groups -OCH3 is 1. The number of benzene rings is 2. The molecular weight excluding hydrogens is 286 g/mol. The van der Waals surface area contributed by atoms with E-state index in [2.05, 4.69) is 17.1 Å². The van der Waals surface area contributed by atoms with E-state index in [1.54, 1.807) is 7.11 Å². The molecule has 23 heavy (non-hydrogen) atoms. The number of aromatic nitrogens is 1. The summed E-state index contributed by atoms with van der Waals surface area (Å²) in [6.07, 6.45) is 3.10. The first-order valence-corrected chi connectivity index (χ1v) is 7.94. The zero-order valence-electron chi connectivity index (χ0n) is 13.5. The second-order valence-corrected chi connectivity index (χ2v) is 5.72. The van der Waals surface area contributed by atoms with Gasteiger partial charge in [0.1, 0.15) is 11.5 Å². The SMILES string of the molecule is CCC(=O)C[C@H](c1ccccc1)c1c[nH]c2ccc(OC)cc12. The molecule has 3 heteroatoms. The molecule has 0 aliphatic rings. The van der Waals surface area contributed by atoms with Gasteiger partial charge in [0.2, 0.25) is 0 Å². The van der Waals surface area contributed by atoms with Crippen LogP contribution in [0.2, 0.25) is 0 Å². The number of hydrogen-bond donors (Lipinski definition) is 1. The van der Waals surface area contributed by atoms with Crippen LogP contribution in [0, 0.1) is 0 Å². The third-order valence-electron chi connectivity index (χ3n) is 4.32. The van der Waals surface area contributed by atoms with Crippen LogP contribution in [0.15, 0.2) is 54.7 Å². The number of H-pyrrole nitrogens is 1. The summed E-state index contributed by atoms with van der Waals surface area (Å²) >= 11 is 0. The summed E-state index contributed by atoms with van der Waals surface area (Å²) in [6, 6.07) is 16.2. The van der Waals surface area contributed by atoms with Crippen LogP contribution in [0.1, 0.15) is 36.8 Å². The molecule has 1 heterocycles. The lowest BCUT2D eigenvalue weighted by molar-refractivity contribution is -0.118. The van der Waals surface area contributed by atoms with Crippen LogP contribution in [0.5, 0.6) is 5.75 Å². The van der Waals surface area contributed by atoms with E-state index in [0.717, 1.165) is 27.8 Å². The first-order chi connectivity index (χ1) is 11.2. The van der Waals surface area contributed by atoms with E-state index in [4.69, 9.17) is 4.74 Å². The Morgan fingerprint density at radius 2 is 1.96 bits per heavy atom. The predicted molar refractivity (Wildman–Crippen MR) is 93.1 cm³/mol. The molecule has 1 aromatic heterocycles. The number of rotatable bonds is 6. The second-order valence-electron chi connectivity index (χ2n) is 5.72. The van der Waals surface area contributed by atoms with E-state index < -0.39 is 0 Å². The lowest BCUT2D eigenvalue weighted by Crippen LogP contribution is -2.07. The summed E-state index contributed by atoms with van der Waals surface area (Å²) < 4.78 is 5.35. The molecule has 3 nitrogen and oxygen atoms in total. The van der Waals surface area contributed by atoms with E-state index in [1.165, 1.54) is 0 Å². The topological polar surface area (TPSA) is 42.1 Å². The minimum absolute atomic E-state index is 0.0597. The number of carbonyl (C=O) groups is 1. The Labute approximate surface area is 136 Å². The van der Waals surface area contributed by atoms with Gasteiger partial charge in [-0.05, 0) is 29.3 Å². The van der Waals surface area contributed by atoms with Crippen LogP contribution in [0.4, 0.5) is 0 Å². The number of nitrogens with one attached hydrogen (secondary N) is 1. The maximum atomic E-state index is 12.1. The van der Waals surface area contributed by atoms with E-state index in [-0.39, 0.29) is 11.7 Å².